The van der Waals surface area contributed by atoms with Crippen LogP contribution in [0.25, 0.3) is 0 Å². The molecule has 1 atom stereocenters. The van der Waals surface area contributed by atoms with Crippen molar-refractivity contribution >= 4 is 16.8 Å². The molecule has 0 radical (unpaired) electrons. The lowest BCUT2D eigenvalue weighted by Gasteiger charge is -1.90. The van der Waals surface area contributed by atoms with E-state index in [0.717, 1.165) is 0 Å². The van der Waals surface area contributed by atoms with Crippen molar-refractivity contribution in [2.24, 2.45) is 0 Å². The third kappa shape index (κ3) is 1.73. The van der Waals surface area contributed by atoms with Gasteiger partial charge in [-0.15, -0.1) is 0 Å². The highest BCUT2D eigenvalue weighted by atomic mass is 32.2. The van der Waals surface area contributed by atoms with Gasteiger partial charge in [0.25, 0.3) is 0 Å². The van der Waals surface area contributed by atoms with Crippen molar-refractivity contribution in [2.45, 2.75) is 12.0 Å². The molecule has 66 valence electrons. The maximum atomic E-state index is 11.1. The van der Waals surface area contributed by atoms with Gasteiger partial charge < -0.3 is 9.52 Å². The molecule has 0 aliphatic carbocycles. The van der Waals surface area contributed by atoms with Crippen LogP contribution in [0, 0.1) is 0 Å². The molecule has 0 fully saturated rings. The van der Waals surface area contributed by atoms with Gasteiger partial charge in [0, 0.05) is 5.75 Å². The molecule has 0 aliphatic heterocycles. The average Bonchev–Trinajstić information content (AvgIpc) is 2.51. The summed E-state index contributed by atoms with van der Waals surface area (Å²) < 4.78 is 15.9. The molecule has 0 aromatic carbocycles. The summed E-state index contributed by atoms with van der Waals surface area (Å²) in [4.78, 5) is 10.3. The van der Waals surface area contributed by atoms with E-state index in [4.69, 9.17) is 9.52 Å². The van der Waals surface area contributed by atoms with Gasteiger partial charge in [-0.05, 0) is 12.1 Å². The number of carboxylic acids is 1. The van der Waals surface area contributed by atoms with E-state index in [2.05, 4.69) is 0 Å². The molecule has 12 heavy (non-hydrogen) atoms. The van der Waals surface area contributed by atoms with Crippen molar-refractivity contribution in [3.63, 3.8) is 0 Å². The summed E-state index contributed by atoms with van der Waals surface area (Å²) in [6.07, 6.45) is 0. The fourth-order valence-electron chi connectivity index (χ4n) is 0.700. The third-order valence-corrected chi connectivity index (χ3v) is 2.47. The molecule has 0 amide bonds. The van der Waals surface area contributed by atoms with Crippen molar-refractivity contribution in [3.05, 3.63) is 17.9 Å². The molecule has 0 saturated heterocycles. The molecule has 0 saturated carbocycles. The molecule has 1 heterocycles. The van der Waals surface area contributed by atoms with Crippen LogP contribution in [-0.2, 0) is 10.8 Å². The first-order chi connectivity index (χ1) is 5.65. The quantitative estimate of drug-likeness (QED) is 0.771. The Balaban J connectivity index is 2.91. The van der Waals surface area contributed by atoms with Gasteiger partial charge in [-0.3, -0.25) is 4.21 Å². The summed E-state index contributed by atoms with van der Waals surface area (Å²) in [5, 5.41) is 8.68. The van der Waals surface area contributed by atoms with E-state index in [1.807, 2.05) is 0 Å². The first-order valence-electron chi connectivity index (χ1n) is 3.36. The monoisotopic (exact) mass is 188 g/mol. The molecular weight excluding hydrogens is 180 g/mol. The molecule has 1 aromatic heterocycles. The minimum Gasteiger partial charge on any atom is -0.475 e. The predicted octanol–water partition coefficient (Wildman–Crippen LogP) is 1.11. The van der Waals surface area contributed by atoms with E-state index in [1.165, 1.54) is 12.1 Å². The van der Waals surface area contributed by atoms with E-state index in [0.29, 0.717) is 5.75 Å². The molecule has 1 rings (SSSR count). The van der Waals surface area contributed by atoms with Crippen molar-refractivity contribution < 1.29 is 18.5 Å². The lowest BCUT2D eigenvalue weighted by Crippen LogP contribution is -1.93. The molecule has 1 N–H and O–H groups in total. The van der Waals surface area contributed by atoms with Gasteiger partial charge in [0.05, 0.1) is 10.8 Å². The van der Waals surface area contributed by atoms with Crippen molar-refractivity contribution in [1.29, 1.82) is 0 Å². The van der Waals surface area contributed by atoms with Crippen LogP contribution in [-0.4, -0.2) is 21.0 Å². The van der Waals surface area contributed by atoms with Crippen LogP contribution in [0.2, 0.25) is 0 Å². The molecule has 5 heteroatoms. The Morgan fingerprint density at radius 2 is 2.33 bits per heavy atom. The van der Waals surface area contributed by atoms with Gasteiger partial charge in [-0.1, -0.05) is 6.92 Å². The highest BCUT2D eigenvalue weighted by Gasteiger charge is 2.11. The second kappa shape index (κ2) is 3.53. The fraction of sp³-hybridized carbons (Fsp3) is 0.286. The van der Waals surface area contributed by atoms with Gasteiger partial charge in [0.15, 0.2) is 5.09 Å². The predicted molar refractivity (Wildman–Crippen MR) is 42.6 cm³/mol. The zero-order valence-corrected chi connectivity index (χ0v) is 7.26. The second-order valence-electron chi connectivity index (χ2n) is 2.06. The van der Waals surface area contributed by atoms with E-state index in [9.17, 15) is 9.00 Å². The summed E-state index contributed by atoms with van der Waals surface area (Å²) in [6.45, 7) is 1.74. The minimum atomic E-state index is -1.22. The van der Waals surface area contributed by atoms with Crippen LogP contribution in [0.4, 0.5) is 0 Å². The van der Waals surface area contributed by atoms with Crippen molar-refractivity contribution in [3.8, 4) is 0 Å². The zero-order chi connectivity index (χ0) is 9.14. The fourth-order valence-corrected chi connectivity index (χ4v) is 1.39. The van der Waals surface area contributed by atoms with Crippen LogP contribution < -0.4 is 0 Å². The third-order valence-electron chi connectivity index (χ3n) is 1.28. The molecule has 0 spiro atoms. The maximum Gasteiger partial charge on any atom is 0.371 e. The number of hydrogen-bond acceptors (Lipinski definition) is 3. The number of rotatable bonds is 3. The Morgan fingerprint density at radius 3 is 2.75 bits per heavy atom. The van der Waals surface area contributed by atoms with E-state index in [1.54, 1.807) is 6.92 Å². The number of carbonyl (C=O) groups is 1. The van der Waals surface area contributed by atoms with Crippen LogP contribution in [0.5, 0.6) is 0 Å². The first kappa shape index (κ1) is 8.99. The molecule has 1 unspecified atom stereocenters. The highest BCUT2D eigenvalue weighted by molar-refractivity contribution is 7.84. The highest BCUT2D eigenvalue weighted by Crippen LogP contribution is 2.11. The molecular formula is C7H8O4S. The summed E-state index contributed by atoms with van der Waals surface area (Å²) in [6, 6.07) is 2.72. The van der Waals surface area contributed by atoms with Crippen LogP contribution >= 0.6 is 0 Å². The van der Waals surface area contributed by atoms with Crippen LogP contribution in [0.15, 0.2) is 21.6 Å². The first-order valence-corrected chi connectivity index (χ1v) is 4.68. The Morgan fingerprint density at radius 1 is 1.67 bits per heavy atom. The normalized spacial score (nSPS) is 12.8. The summed E-state index contributed by atoms with van der Waals surface area (Å²) in [7, 11) is -1.22. The van der Waals surface area contributed by atoms with Gasteiger partial charge in [0.1, 0.15) is 0 Å². The van der Waals surface area contributed by atoms with E-state index < -0.39 is 16.8 Å². The average molecular weight is 188 g/mol. The summed E-state index contributed by atoms with van der Waals surface area (Å²) in [5.74, 6) is -0.895. The Hall–Kier alpha value is -1.10. The van der Waals surface area contributed by atoms with Gasteiger partial charge >= 0.3 is 5.97 Å². The zero-order valence-electron chi connectivity index (χ0n) is 6.44. The number of aromatic carboxylic acids is 1. The number of hydrogen-bond donors (Lipinski definition) is 1. The van der Waals surface area contributed by atoms with Gasteiger partial charge in [0.2, 0.25) is 5.76 Å². The maximum absolute atomic E-state index is 11.1. The molecule has 4 nitrogen and oxygen atoms in total. The number of furan rings is 1. The van der Waals surface area contributed by atoms with Gasteiger partial charge in [-0.25, -0.2) is 4.79 Å². The van der Waals surface area contributed by atoms with E-state index in [-0.39, 0.29) is 10.9 Å². The topological polar surface area (TPSA) is 67.5 Å². The second-order valence-corrected chi connectivity index (χ2v) is 3.73. The Labute approximate surface area is 71.7 Å². The largest absolute Gasteiger partial charge is 0.475 e. The van der Waals surface area contributed by atoms with Gasteiger partial charge in [-0.2, -0.15) is 0 Å². The minimum absolute atomic E-state index is 0.174. The smallest absolute Gasteiger partial charge is 0.371 e. The van der Waals surface area contributed by atoms with E-state index >= 15 is 0 Å². The van der Waals surface area contributed by atoms with Crippen LogP contribution in [0.3, 0.4) is 0 Å². The standard InChI is InChI=1S/C7H8O4S/c1-2-12(10)6-4-3-5(11-6)7(8)9/h3-4H,2H2,1H3,(H,8,9). The van der Waals surface area contributed by atoms with Crippen LogP contribution in [0.1, 0.15) is 17.5 Å². The molecule has 0 bridgehead atoms. The Kier molecular flexibility index (Phi) is 2.65. The van der Waals surface area contributed by atoms with Crippen molar-refractivity contribution in [1.82, 2.24) is 0 Å². The summed E-state index contributed by atoms with van der Waals surface area (Å²) in [5.41, 5.74) is 0. The lowest BCUT2D eigenvalue weighted by atomic mass is 10.5. The van der Waals surface area contributed by atoms with Crippen molar-refractivity contribution in [2.75, 3.05) is 5.75 Å². The lowest BCUT2D eigenvalue weighted by molar-refractivity contribution is 0.0656. The molecule has 0 aliphatic rings. The number of carboxylic acid groups (broad SMARTS) is 1. The summed E-state index contributed by atoms with van der Waals surface area (Å²) >= 11 is 0. The SMILES string of the molecule is CCS(=O)c1ccc(C(=O)O)o1. The molecule has 1 aromatic rings. The Bertz CT molecular complexity index is 315.